The molecule has 0 aliphatic heterocycles. The Bertz CT molecular complexity index is 1550. The molecule has 0 aromatic carbocycles. The molecule has 0 amide bonds. The molecule has 13 atom stereocenters. The van der Waals surface area contributed by atoms with Crippen molar-refractivity contribution in [3.63, 3.8) is 0 Å². The van der Waals surface area contributed by atoms with Crippen LogP contribution in [0.5, 0.6) is 0 Å². The van der Waals surface area contributed by atoms with Crippen molar-refractivity contribution in [3.05, 3.63) is 36.0 Å². The maximum absolute atomic E-state index is 13.3. The minimum atomic E-state index is -1.78. The molecule has 0 aromatic rings. The first-order chi connectivity index (χ1) is 29.9. The molecule has 5 rings (SSSR count). The van der Waals surface area contributed by atoms with E-state index in [9.17, 15) is 4.79 Å². The van der Waals surface area contributed by atoms with E-state index in [1.54, 1.807) is 5.57 Å². The molecule has 5 aliphatic carbocycles. The molecule has 0 N–H and O–H groups in total. The zero-order valence-electron chi connectivity index (χ0n) is 44.5. The Balaban J connectivity index is 1.14. The van der Waals surface area contributed by atoms with E-state index in [0.717, 1.165) is 80.5 Å². The summed E-state index contributed by atoms with van der Waals surface area (Å²) in [4.78, 5) is 13.3. The molecule has 5 aliphatic rings. The van der Waals surface area contributed by atoms with Gasteiger partial charge in [0.15, 0.2) is 25.0 Å². The fraction of sp³-hybridized carbons (Fsp3) is 0.875. The van der Waals surface area contributed by atoms with Gasteiger partial charge in [0.1, 0.15) is 6.10 Å². The third kappa shape index (κ3) is 15.1. The van der Waals surface area contributed by atoms with Crippen LogP contribution in [-0.4, -0.2) is 55.3 Å². The second kappa shape index (κ2) is 23.2. The highest BCUT2D eigenvalue weighted by atomic mass is 28.4. The van der Waals surface area contributed by atoms with Crippen molar-refractivity contribution in [2.24, 2.45) is 58.2 Å². The van der Waals surface area contributed by atoms with E-state index in [1.807, 2.05) is 0 Å². The first-order valence-electron chi connectivity index (χ1n) is 27.2. The first kappa shape index (κ1) is 54.2. The van der Waals surface area contributed by atoms with Crippen LogP contribution in [-0.2, 0) is 22.8 Å². The lowest BCUT2D eigenvalue weighted by atomic mass is 9.47. The smallest absolute Gasteiger partial charge is 0.306 e. The number of fused-ring (bicyclic) bond motifs is 5. The normalized spacial score (nSPS) is 34.5. The quantitative estimate of drug-likeness (QED) is 0.0418. The summed E-state index contributed by atoms with van der Waals surface area (Å²) in [6, 6.07) is 0. The van der Waals surface area contributed by atoms with Gasteiger partial charge in [0, 0.05) is 18.8 Å². The molecule has 0 saturated heterocycles. The lowest BCUT2D eigenvalue weighted by Crippen LogP contribution is -2.51. The third-order valence-corrected chi connectivity index (χ3v) is 19.9. The fourth-order valence-corrected chi connectivity index (χ4v) is 17.5. The largest absolute Gasteiger partial charge is 0.462 e. The fourth-order valence-electron chi connectivity index (χ4n) is 14.1. The average Bonchev–Trinajstić information content (AvgIpc) is 3.68. The highest BCUT2D eigenvalue weighted by molar-refractivity contribution is 6.70. The molecule has 8 heteroatoms. The van der Waals surface area contributed by atoms with Crippen LogP contribution in [0.4, 0.5) is 0 Å². The monoisotopic (exact) mass is 939 g/mol. The number of ether oxygens (including phenoxy) is 1. The minimum absolute atomic E-state index is 0.00538. The first-order valence-corrected chi connectivity index (χ1v) is 37.4. The Labute approximate surface area is 399 Å². The van der Waals surface area contributed by atoms with Gasteiger partial charge in [-0.25, -0.2) is 0 Å². The van der Waals surface area contributed by atoms with Gasteiger partial charge in [0.2, 0.25) is 0 Å². The van der Waals surface area contributed by atoms with Crippen molar-refractivity contribution in [2.75, 3.05) is 0 Å². The zero-order valence-corrected chi connectivity index (χ0v) is 47.5. The molecule has 0 aromatic heterocycles. The van der Waals surface area contributed by atoms with Crippen LogP contribution >= 0.6 is 0 Å². The third-order valence-electron chi connectivity index (χ3n) is 16.9. The predicted molar refractivity (Wildman–Crippen MR) is 280 cm³/mol. The summed E-state index contributed by atoms with van der Waals surface area (Å²) in [5.41, 5.74) is 2.42. The Kier molecular flexibility index (Phi) is 19.6. The number of unbranched alkanes of at least 4 members (excludes halogenated alkanes) is 3. The molecule has 0 radical (unpaired) electrons. The van der Waals surface area contributed by atoms with Crippen molar-refractivity contribution >= 4 is 30.9 Å². The molecular formula is C56H102O5Si3. The van der Waals surface area contributed by atoms with Crippen LogP contribution in [0.3, 0.4) is 0 Å². The van der Waals surface area contributed by atoms with Crippen molar-refractivity contribution in [2.45, 2.75) is 253 Å². The van der Waals surface area contributed by atoms with Gasteiger partial charge >= 0.3 is 5.97 Å². The Morgan fingerprint density at radius 2 is 1.52 bits per heavy atom. The van der Waals surface area contributed by atoms with Gasteiger partial charge in [-0.05, 0) is 188 Å². The molecule has 0 spiro atoms. The summed E-state index contributed by atoms with van der Waals surface area (Å²) in [5.74, 6) is 5.74. The van der Waals surface area contributed by atoms with Crippen molar-refractivity contribution in [3.8, 4) is 0 Å². The van der Waals surface area contributed by atoms with E-state index in [1.165, 1.54) is 77.0 Å². The van der Waals surface area contributed by atoms with E-state index >= 15 is 0 Å². The molecule has 368 valence electrons. The molecule has 0 heterocycles. The summed E-state index contributed by atoms with van der Waals surface area (Å²) in [6.07, 6.45) is 36.0. The zero-order chi connectivity index (χ0) is 47.1. The number of allylic oxidation sites excluding steroid dienone is 3. The Morgan fingerprint density at radius 1 is 0.797 bits per heavy atom. The molecule has 0 bridgehead atoms. The number of carbonyl (C=O) groups is 1. The van der Waals surface area contributed by atoms with Crippen molar-refractivity contribution in [1.29, 1.82) is 0 Å². The second-order valence-electron chi connectivity index (χ2n) is 25.9. The van der Waals surface area contributed by atoms with Gasteiger partial charge in [-0.15, -0.1) is 0 Å². The number of rotatable bonds is 24. The van der Waals surface area contributed by atoms with Crippen LogP contribution in [0.15, 0.2) is 36.0 Å². The summed E-state index contributed by atoms with van der Waals surface area (Å²) in [5, 5.41) is 0. The van der Waals surface area contributed by atoms with Crippen molar-refractivity contribution in [1.82, 2.24) is 0 Å². The summed E-state index contributed by atoms with van der Waals surface area (Å²) >= 11 is 0. The summed E-state index contributed by atoms with van der Waals surface area (Å²) in [6.45, 7) is 35.8. The number of esters is 1. The maximum atomic E-state index is 13.3. The molecular weight excluding hydrogens is 837 g/mol. The number of hydrogen-bond donors (Lipinski definition) is 0. The predicted octanol–water partition coefficient (Wildman–Crippen LogP) is 16.5. The molecule has 4 fully saturated rings. The van der Waals surface area contributed by atoms with E-state index in [2.05, 4.69) is 131 Å². The minimum Gasteiger partial charge on any atom is -0.462 e. The standard InChI is InChI=1S/C56H102O5Si3/c1-16-17-20-26-44(59-62(7,8)9)30-32-47-46(52(60-63(10,11)12)40-53(47)61-64(13,14)15)27-21-18-19-22-28-54(57)58-45-35-37-55(5)43(39-45)29-31-48-50-34-33-49(42(4)25-23-24-41(2)3)56(50,6)38-36-51(48)55/h18,21,29-30,32,41-42,44-53H,16-17,19-20,22-28,31,33-40H2,1-15H3/b21-18-,32-30+/t42-,44+,45+,46-,47-,48+,49-,50+,51+,52+,53-,55+,56-/m1/s1. The van der Waals surface area contributed by atoms with Crippen LogP contribution in [0.2, 0.25) is 58.9 Å². The van der Waals surface area contributed by atoms with Crippen LogP contribution in [0.1, 0.15) is 170 Å². The number of carbonyl (C=O) groups excluding carboxylic acids is 1. The Morgan fingerprint density at radius 3 is 2.19 bits per heavy atom. The molecule has 64 heavy (non-hydrogen) atoms. The molecule has 4 saturated carbocycles. The summed E-state index contributed by atoms with van der Waals surface area (Å²) < 4.78 is 26.9. The summed E-state index contributed by atoms with van der Waals surface area (Å²) in [7, 11) is -5.27. The van der Waals surface area contributed by atoms with Gasteiger partial charge in [0.05, 0.1) is 18.3 Å². The number of hydrogen-bond acceptors (Lipinski definition) is 5. The average molecular weight is 940 g/mol. The maximum Gasteiger partial charge on any atom is 0.306 e. The van der Waals surface area contributed by atoms with Gasteiger partial charge in [0.25, 0.3) is 0 Å². The van der Waals surface area contributed by atoms with E-state index in [0.29, 0.717) is 23.7 Å². The lowest BCUT2D eigenvalue weighted by Gasteiger charge is -2.58. The van der Waals surface area contributed by atoms with Crippen molar-refractivity contribution < 1.29 is 22.8 Å². The van der Waals surface area contributed by atoms with Crippen LogP contribution in [0, 0.1) is 58.2 Å². The van der Waals surface area contributed by atoms with E-state index in [4.69, 9.17) is 18.0 Å². The molecule has 5 nitrogen and oxygen atoms in total. The van der Waals surface area contributed by atoms with E-state index in [-0.39, 0.29) is 35.8 Å². The highest BCUT2D eigenvalue weighted by Gasteiger charge is 2.59. The molecule has 0 unspecified atom stereocenters. The van der Waals surface area contributed by atoms with Gasteiger partial charge in [-0.2, -0.15) is 0 Å². The van der Waals surface area contributed by atoms with Gasteiger partial charge < -0.3 is 18.0 Å². The van der Waals surface area contributed by atoms with E-state index < -0.39 is 25.0 Å². The second-order valence-corrected chi connectivity index (χ2v) is 39.3. The van der Waals surface area contributed by atoms with Gasteiger partial charge in [-0.1, -0.05) is 116 Å². The lowest BCUT2D eigenvalue weighted by molar-refractivity contribution is -0.151. The highest BCUT2D eigenvalue weighted by Crippen LogP contribution is 2.67. The SMILES string of the molecule is CCCCC[C@@H](/C=C/[C@@H]1[C@@H](C/C=C\CCCC(=O)O[C@H]2CC[C@@]3(C)C(=CC[C@H]4[C@@H]5CC[C@H]([C@H](C)CCCC(C)C)[C@@]5(C)CC[C@@H]43)C2)[C@@H](O[Si](C)(C)C)C[C@H]1O[Si](C)(C)C)O[Si](C)(C)C. The Hall–Kier alpha value is -0.779. The topological polar surface area (TPSA) is 54.0 Å². The van der Waals surface area contributed by atoms with Gasteiger partial charge in [-0.3, -0.25) is 4.79 Å². The van der Waals surface area contributed by atoms with Crippen LogP contribution in [0.25, 0.3) is 0 Å². The van der Waals surface area contributed by atoms with Crippen LogP contribution < -0.4 is 0 Å².